The summed E-state index contributed by atoms with van der Waals surface area (Å²) in [7, 11) is 0. The van der Waals surface area contributed by atoms with Crippen LogP contribution in [0.15, 0.2) is 18.2 Å². The molecule has 1 aromatic carbocycles. The molecule has 0 aliphatic heterocycles. The minimum Gasteiger partial charge on any atom is -0.481 e. The Balaban J connectivity index is 3.39. The second-order valence-electron chi connectivity index (χ2n) is 4.75. The summed E-state index contributed by atoms with van der Waals surface area (Å²) in [5, 5.41) is 14.1. The van der Waals surface area contributed by atoms with Gasteiger partial charge >= 0.3 is 5.97 Å². The lowest BCUT2D eigenvalue weighted by molar-refractivity contribution is -0.140. The molecule has 7 nitrogen and oxygen atoms in total. The number of ketones is 1. The first-order valence-corrected chi connectivity index (χ1v) is 6.73. The van der Waals surface area contributed by atoms with Crippen LogP contribution in [0.3, 0.4) is 0 Å². The monoisotopic (exact) mass is 306 g/mol. The summed E-state index contributed by atoms with van der Waals surface area (Å²) in [4.78, 5) is 46.2. The zero-order valence-electron chi connectivity index (χ0n) is 12.6. The number of para-hydroxylation sites is 1. The lowest BCUT2D eigenvalue weighted by Crippen LogP contribution is -2.25. The predicted octanol–water partition coefficient (Wildman–Crippen LogP) is 1.90. The standard InChI is InChI=1S/C15H18N2O5/c1-4-10(15(21)22)14(20)11-6-5-7-12(16-8(2)18)13(11)17-9(3)19/h5-7,10H,4H2,1-3H3,(H,16,18)(H,17,19)(H,21,22). The number of anilines is 2. The molecule has 1 aromatic rings. The minimum absolute atomic E-state index is 0.0516. The summed E-state index contributed by atoms with van der Waals surface area (Å²) in [5.41, 5.74) is 0.402. The first-order valence-electron chi connectivity index (χ1n) is 6.73. The van der Waals surface area contributed by atoms with Gasteiger partial charge in [-0.1, -0.05) is 13.0 Å². The van der Waals surface area contributed by atoms with Gasteiger partial charge in [-0.2, -0.15) is 0 Å². The van der Waals surface area contributed by atoms with Crippen LogP contribution >= 0.6 is 0 Å². The maximum absolute atomic E-state index is 12.4. The third kappa shape index (κ3) is 4.15. The second kappa shape index (κ2) is 7.35. The van der Waals surface area contributed by atoms with Crippen molar-refractivity contribution >= 4 is 34.9 Å². The van der Waals surface area contributed by atoms with Gasteiger partial charge in [0, 0.05) is 19.4 Å². The van der Waals surface area contributed by atoms with Crippen LogP contribution in [0.1, 0.15) is 37.6 Å². The van der Waals surface area contributed by atoms with Gasteiger partial charge in [0.05, 0.1) is 11.4 Å². The van der Waals surface area contributed by atoms with Gasteiger partial charge in [-0.15, -0.1) is 0 Å². The van der Waals surface area contributed by atoms with E-state index >= 15 is 0 Å². The van der Waals surface area contributed by atoms with E-state index in [1.807, 2.05) is 0 Å². The highest BCUT2D eigenvalue weighted by molar-refractivity contribution is 6.15. The molecule has 7 heteroatoms. The first kappa shape index (κ1) is 17.4. The van der Waals surface area contributed by atoms with E-state index in [4.69, 9.17) is 5.11 Å². The maximum Gasteiger partial charge on any atom is 0.314 e. The summed E-state index contributed by atoms with van der Waals surface area (Å²) in [6.45, 7) is 4.14. The van der Waals surface area contributed by atoms with Crippen LogP contribution in [-0.2, 0) is 14.4 Å². The topological polar surface area (TPSA) is 113 Å². The molecule has 118 valence electrons. The summed E-state index contributed by atoms with van der Waals surface area (Å²) >= 11 is 0. The van der Waals surface area contributed by atoms with Crippen LogP contribution in [0.5, 0.6) is 0 Å². The van der Waals surface area contributed by atoms with Crippen molar-refractivity contribution in [2.24, 2.45) is 5.92 Å². The lowest BCUT2D eigenvalue weighted by Gasteiger charge is -2.16. The maximum atomic E-state index is 12.4. The Kier molecular flexibility index (Phi) is 5.80. The largest absolute Gasteiger partial charge is 0.481 e. The highest BCUT2D eigenvalue weighted by Crippen LogP contribution is 2.29. The molecule has 1 atom stereocenters. The van der Waals surface area contributed by atoms with Gasteiger partial charge in [0.25, 0.3) is 0 Å². The van der Waals surface area contributed by atoms with Crippen molar-refractivity contribution in [1.29, 1.82) is 0 Å². The highest BCUT2D eigenvalue weighted by atomic mass is 16.4. The quantitative estimate of drug-likeness (QED) is 0.549. The molecule has 0 aromatic heterocycles. The average molecular weight is 306 g/mol. The van der Waals surface area contributed by atoms with E-state index in [9.17, 15) is 19.2 Å². The number of nitrogens with one attached hydrogen (secondary N) is 2. The van der Waals surface area contributed by atoms with E-state index < -0.39 is 23.6 Å². The first-order chi connectivity index (χ1) is 10.3. The van der Waals surface area contributed by atoms with E-state index in [1.54, 1.807) is 6.92 Å². The average Bonchev–Trinajstić information content (AvgIpc) is 2.39. The SMILES string of the molecule is CCC(C(=O)O)C(=O)c1cccc(NC(C)=O)c1NC(C)=O. The second-order valence-corrected chi connectivity index (χ2v) is 4.75. The molecule has 3 N–H and O–H groups in total. The molecular weight excluding hydrogens is 288 g/mol. The highest BCUT2D eigenvalue weighted by Gasteiger charge is 2.28. The Morgan fingerprint density at radius 1 is 1.09 bits per heavy atom. The lowest BCUT2D eigenvalue weighted by atomic mass is 9.93. The molecule has 0 heterocycles. The van der Waals surface area contributed by atoms with Gasteiger partial charge in [0.1, 0.15) is 5.92 Å². The number of Topliss-reactive ketones (excluding diaryl/α,β-unsaturated/α-hetero) is 1. The molecule has 0 spiro atoms. The van der Waals surface area contributed by atoms with Crippen molar-refractivity contribution in [2.75, 3.05) is 10.6 Å². The van der Waals surface area contributed by atoms with Gasteiger partial charge in [-0.3, -0.25) is 19.2 Å². The van der Waals surface area contributed by atoms with Gasteiger partial charge < -0.3 is 15.7 Å². The number of hydrogen-bond acceptors (Lipinski definition) is 4. The number of aliphatic carboxylic acids is 1. The van der Waals surface area contributed by atoms with Crippen molar-refractivity contribution in [1.82, 2.24) is 0 Å². The van der Waals surface area contributed by atoms with E-state index in [0.29, 0.717) is 0 Å². The van der Waals surface area contributed by atoms with Gasteiger partial charge in [-0.25, -0.2) is 0 Å². The molecule has 22 heavy (non-hydrogen) atoms. The Morgan fingerprint density at radius 2 is 1.68 bits per heavy atom. The Morgan fingerprint density at radius 3 is 2.14 bits per heavy atom. The van der Waals surface area contributed by atoms with Crippen LogP contribution < -0.4 is 10.6 Å². The zero-order chi connectivity index (χ0) is 16.9. The number of carbonyl (C=O) groups excluding carboxylic acids is 3. The fourth-order valence-electron chi connectivity index (χ4n) is 2.02. The fraction of sp³-hybridized carbons (Fsp3) is 0.333. The normalized spacial score (nSPS) is 11.4. The van der Waals surface area contributed by atoms with Gasteiger partial charge in [0.2, 0.25) is 11.8 Å². The molecule has 0 radical (unpaired) electrons. The minimum atomic E-state index is -1.23. The zero-order valence-corrected chi connectivity index (χ0v) is 12.6. The van der Waals surface area contributed by atoms with Crippen LogP contribution in [0, 0.1) is 5.92 Å². The third-order valence-corrected chi connectivity index (χ3v) is 2.96. The molecule has 0 aliphatic rings. The van der Waals surface area contributed by atoms with E-state index in [2.05, 4.69) is 10.6 Å². The number of carbonyl (C=O) groups is 4. The van der Waals surface area contributed by atoms with Crippen LogP contribution in [0.25, 0.3) is 0 Å². The summed E-state index contributed by atoms with van der Waals surface area (Å²) in [6, 6.07) is 4.45. The van der Waals surface area contributed by atoms with Crippen molar-refractivity contribution in [3.05, 3.63) is 23.8 Å². The van der Waals surface area contributed by atoms with Gasteiger partial charge in [0.15, 0.2) is 5.78 Å². The van der Waals surface area contributed by atoms with Crippen molar-refractivity contribution in [3.63, 3.8) is 0 Å². The molecule has 0 fully saturated rings. The summed E-state index contributed by atoms with van der Waals surface area (Å²) in [5.74, 6) is -3.87. The molecule has 0 bridgehead atoms. The number of carboxylic acid groups (broad SMARTS) is 1. The molecule has 1 unspecified atom stereocenters. The number of amides is 2. The predicted molar refractivity (Wildman–Crippen MR) is 80.8 cm³/mol. The van der Waals surface area contributed by atoms with Crippen molar-refractivity contribution in [3.8, 4) is 0 Å². The molecular formula is C15H18N2O5. The molecule has 0 saturated heterocycles. The fourth-order valence-corrected chi connectivity index (χ4v) is 2.02. The number of benzene rings is 1. The molecule has 0 saturated carbocycles. The number of rotatable bonds is 6. The summed E-state index contributed by atoms with van der Waals surface area (Å²) < 4.78 is 0. The van der Waals surface area contributed by atoms with E-state index in [-0.39, 0.29) is 29.3 Å². The van der Waals surface area contributed by atoms with Gasteiger partial charge in [-0.05, 0) is 18.6 Å². The van der Waals surface area contributed by atoms with E-state index in [1.165, 1.54) is 32.0 Å². The van der Waals surface area contributed by atoms with Crippen LogP contribution in [0.2, 0.25) is 0 Å². The molecule has 0 aliphatic carbocycles. The Bertz CT molecular complexity index is 624. The Hall–Kier alpha value is -2.70. The molecule has 1 rings (SSSR count). The number of hydrogen-bond donors (Lipinski definition) is 3. The smallest absolute Gasteiger partial charge is 0.314 e. The number of carboxylic acids is 1. The van der Waals surface area contributed by atoms with Crippen molar-refractivity contribution in [2.45, 2.75) is 27.2 Å². The van der Waals surface area contributed by atoms with Crippen LogP contribution in [-0.4, -0.2) is 28.7 Å². The molecule has 2 amide bonds. The third-order valence-electron chi connectivity index (χ3n) is 2.96. The summed E-state index contributed by atoms with van der Waals surface area (Å²) in [6.07, 6.45) is 0.123. The Labute approximate surface area is 127 Å². The van der Waals surface area contributed by atoms with Crippen LogP contribution in [0.4, 0.5) is 11.4 Å². The van der Waals surface area contributed by atoms with Crippen molar-refractivity contribution < 1.29 is 24.3 Å². The van der Waals surface area contributed by atoms with E-state index in [0.717, 1.165) is 0 Å².